The minimum Gasteiger partial charge on any atom is -0.427 e. The van der Waals surface area contributed by atoms with Crippen molar-refractivity contribution in [2.24, 2.45) is 0 Å². The minimum absolute atomic E-state index is 0.114. The number of nitrogens with zero attached hydrogens (tertiary/aromatic N) is 1. The Morgan fingerprint density at radius 3 is 2.60 bits per heavy atom. The molecule has 1 aromatic heterocycles. The Bertz CT molecular complexity index is 1160. The highest BCUT2D eigenvalue weighted by atomic mass is 16.5. The number of fused-ring (bicyclic) bond motifs is 3. The molecule has 0 saturated carbocycles. The fourth-order valence-corrected chi connectivity index (χ4v) is 3.53. The number of amides is 1. The lowest BCUT2D eigenvalue weighted by Gasteiger charge is -2.26. The van der Waals surface area contributed by atoms with Crippen LogP contribution >= 0.6 is 0 Å². The van der Waals surface area contributed by atoms with E-state index in [1.54, 1.807) is 30.3 Å². The Hall–Kier alpha value is -3.23. The zero-order valence-electron chi connectivity index (χ0n) is 16.6. The molecule has 1 N–H and O–H groups in total. The van der Waals surface area contributed by atoms with Crippen LogP contribution in [0.3, 0.4) is 0 Å². The first-order valence-electron chi connectivity index (χ1n) is 9.78. The molecule has 1 aliphatic heterocycles. The number of rotatable bonds is 5. The van der Waals surface area contributed by atoms with Gasteiger partial charge >= 0.3 is 11.6 Å². The Morgan fingerprint density at radius 1 is 1.07 bits per heavy atom. The molecule has 8 nitrogen and oxygen atoms in total. The molecule has 8 heteroatoms. The molecule has 156 valence electrons. The quantitative estimate of drug-likeness (QED) is 0.299. The van der Waals surface area contributed by atoms with Crippen molar-refractivity contribution in [3.8, 4) is 5.75 Å². The van der Waals surface area contributed by atoms with Gasteiger partial charge in [-0.2, -0.15) is 0 Å². The van der Waals surface area contributed by atoms with Gasteiger partial charge in [0.25, 0.3) is 0 Å². The average molecular weight is 410 g/mol. The van der Waals surface area contributed by atoms with Crippen LogP contribution in [-0.2, 0) is 14.3 Å². The molecular weight excluding hydrogens is 388 g/mol. The summed E-state index contributed by atoms with van der Waals surface area (Å²) in [7, 11) is 0. The number of carbonyl (C=O) groups is 2. The van der Waals surface area contributed by atoms with E-state index in [-0.39, 0.29) is 5.91 Å². The van der Waals surface area contributed by atoms with Gasteiger partial charge in [-0.3, -0.25) is 14.5 Å². The number of hydrogen-bond acceptors (Lipinski definition) is 7. The van der Waals surface area contributed by atoms with E-state index in [4.69, 9.17) is 13.9 Å². The molecule has 0 radical (unpaired) electrons. The number of anilines is 1. The zero-order valence-corrected chi connectivity index (χ0v) is 16.6. The summed E-state index contributed by atoms with van der Waals surface area (Å²) in [6.45, 7) is 5.02. The highest BCUT2D eigenvalue weighted by Crippen LogP contribution is 2.28. The van der Waals surface area contributed by atoms with Gasteiger partial charge < -0.3 is 19.2 Å². The first-order valence-corrected chi connectivity index (χ1v) is 9.78. The summed E-state index contributed by atoms with van der Waals surface area (Å²) in [5.74, 6) is -0.259. The Balaban J connectivity index is 1.54. The molecule has 4 rings (SSSR count). The molecule has 0 aliphatic carbocycles. The number of carbonyl (C=O) groups excluding carboxylic acids is 2. The van der Waals surface area contributed by atoms with Crippen molar-refractivity contribution < 1.29 is 23.5 Å². The highest BCUT2D eigenvalue weighted by molar-refractivity contribution is 6.06. The maximum absolute atomic E-state index is 12.5. The Kier molecular flexibility index (Phi) is 5.78. The molecule has 1 amide bonds. The van der Waals surface area contributed by atoms with E-state index in [2.05, 4.69) is 10.2 Å². The lowest BCUT2D eigenvalue weighted by atomic mass is 10.1. The molecule has 3 aromatic rings. The van der Waals surface area contributed by atoms with E-state index in [0.29, 0.717) is 59.4 Å². The predicted molar refractivity (Wildman–Crippen MR) is 112 cm³/mol. The monoisotopic (exact) mass is 410 g/mol. The van der Waals surface area contributed by atoms with Crippen molar-refractivity contribution in [1.82, 2.24) is 4.90 Å². The minimum atomic E-state index is -0.526. The van der Waals surface area contributed by atoms with Crippen molar-refractivity contribution in [3.63, 3.8) is 0 Å². The van der Waals surface area contributed by atoms with Gasteiger partial charge in [-0.1, -0.05) is 6.07 Å². The van der Waals surface area contributed by atoms with E-state index in [9.17, 15) is 14.4 Å². The first-order chi connectivity index (χ1) is 14.5. The number of benzene rings is 2. The molecular formula is C22H22N2O6. The van der Waals surface area contributed by atoms with Crippen LogP contribution in [0.25, 0.3) is 21.7 Å². The van der Waals surface area contributed by atoms with Crippen LogP contribution in [0.4, 0.5) is 5.69 Å². The molecule has 30 heavy (non-hydrogen) atoms. The van der Waals surface area contributed by atoms with Crippen molar-refractivity contribution in [2.75, 3.05) is 38.2 Å². The standard InChI is InChI=1S/C22H22N2O6/c1-14(25)29-16-3-5-18-17-4-2-15(12-19(17)22(27)30-20(18)13-16)23-21(26)6-7-24-8-10-28-11-9-24/h2-5,12-13H,6-11H2,1H3,(H,23,26). The molecule has 2 heterocycles. The van der Waals surface area contributed by atoms with Gasteiger partial charge in [-0.05, 0) is 24.3 Å². The van der Waals surface area contributed by atoms with Crippen LogP contribution in [-0.4, -0.2) is 49.6 Å². The van der Waals surface area contributed by atoms with Crippen LogP contribution in [0.2, 0.25) is 0 Å². The van der Waals surface area contributed by atoms with Crippen LogP contribution in [0.1, 0.15) is 13.3 Å². The third-order valence-corrected chi connectivity index (χ3v) is 4.99. The van der Waals surface area contributed by atoms with Crippen molar-refractivity contribution in [3.05, 3.63) is 46.8 Å². The lowest BCUT2D eigenvalue weighted by Crippen LogP contribution is -2.38. The molecule has 0 atom stereocenters. The highest BCUT2D eigenvalue weighted by Gasteiger charge is 2.14. The summed E-state index contributed by atoms with van der Waals surface area (Å²) < 4.78 is 15.8. The van der Waals surface area contributed by atoms with Gasteiger partial charge in [0.1, 0.15) is 11.3 Å². The molecule has 0 unspecified atom stereocenters. The maximum Gasteiger partial charge on any atom is 0.344 e. The molecule has 0 bridgehead atoms. The topological polar surface area (TPSA) is 98.1 Å². The van der Waals surface area contributed by atoms with Gasteiger partial charge in [0.05, 0.1) is 18.6 Å². The van der Waals surface area contributed by atoms with Crippen LogP contribution in [0.15, 0.2) is 45.6 Å². The normalized spacial score (nSPS) is 14.7. The van der Waals surface area contributed by atoms with E-state index in [1.807, 2.05) is 0 Å². The second kappa shape index (κ2) is 8.64. The maximum atomic E-state index is 12.5. The SMILES string of the molecule is CC(=O)Oc1ccc2c(c1)oc(=O)c1cc(NC(=O)CCN3CCOCC3)ccc12. The summed E-state index contributed by atoms with van der Waals surface area (Å²) in [6, 6.07) is 10.0. The lowest BCUT2D eigenvalue weighted by molar-refractivity contribution is -0.131. The van der Waals surface area contributed by atoms with Crippen LogP contribution < -0.4 is 15.7 Å². The van der Waals surface area contributed by atoms with E-state index in [1.165, 1.54) is 13.0 Å². The first kappa shape index (κ1) is 20.1. The van der Waals surface area contributed by atoms with Gasteiger partial charge in [0.2, 0.25) is 5.91 Å². The number of esters is 1. The fraction of sp³-hybridized carbons (Fsp3) is 0.318. The largest absolute Gasteiger partial charge is 0.427 e. The Labute approximate surface area is 172 Å². The number of ether oxygens (including phenoxy) is 2. The third-order valence-electron chi connectivity index (χ3n) is 4.99. The second-order valence-electron chi connectivity index (χ2n) is 7.15. The fourth-order valence-electron chi connectivity index (χ4n) is 3.53. The zero-order chi connectivity index (χ0) is 21.1. The summed E-state index contributed by atoms with van der Waals surface area (Å²) in [6.07, 6.45) is 0.364. The Morgan fingerprint density at radius 2 is 1.83 bits per heavy atom. The van der Waals surface area contributed by atoms with E-state index in [0.717, 1.165) is 13.1 Å². The second-order valence-corrected chi connectivity index (χ2v) is 7.15. The molecule has 1 fully saturated rings. The number of nitrogens with one attached hydrogen (secondary N) is 1. The van der Waals surface area contributed by atoms with Gasteiger partial charge in [0, 0.05) is 55.5 Å². The average Bonchev–Trinajstić information content (AvgIpc) is 2.73. The number of hydrogen-bond donors (Lipinski definition) is 1. The van der Waals surface area contributed by atoms with Gasteiger partial charge in [-0.25, -0.2) is 4.79 Å². The van der Waals surface area contributed by atoms with E-state index < -0.39 is 11.6 Å². The number of morpholine rings is 1. The molecule has 0 spiro atoms. The molecule has 1 saturated heterocycles. The smallest absolute Gasteiger partial charge is 0.344 e. The predicted octanol–water partition coefficient (Wildman–Crippen LogP) is 2.53. The third kappa shape index (κ3) is 4.50. The van der Waals surface area contributed by atoms with Gasteiger partial charge in [-0.15, -0.1) is 0 Å². The van der Waals surface area contributed by atoms with Crippen molar-refractivity contribution in [1.29, 1.82) is 0 Å². The van der Waals surface area contributed by atoms with Crippen molar-refractivity contribution in [2.45, 2.75) is 13.3 Å². The molecule has 2 aromatic carbocycles. The summed E-state index contributed by atoms with van der Waals surface area (Å²) >= 11 is 0. The molecule has 1 aliphatic rings. The van der Waals surface area contributed by atoms with Crippen molar-refractivity contribution >= 4 is 39.3 Å². The van der Waals surface area contributed by atoms with Crippen LogP contribution in [0, 0.1) is 0 Å². The van der Waals surface area contributed by atoms with Crippen LogP contribution in [0.5, 0.6) is 5.75 Å². The summed E-state index contributed by atoms with van der Waals surface area (Å²) in [5, 5.41) is 4.62. The van der Waals surface area contributed by atoms with Gasteiger partial charge in [0.15, 0.2) is 0 Å². The summed E-state index contributed by atoms with van der Waals surface area (Å²) in [5.41, 5.74) is 0.341. The summed E-state index contributed by atoms with van der Waals surface area (Å²) in [4.78, 5) is 38.1. The van der Waals surface area contributed by atoms with E-state index >= 15 is 0 Å².